The van der Waals surface area contributed by atoms with E-state index in [1.54, 1.807) is 0 Å². The van der Waals surface area contributed by atoms with Crippen molar-refractivity contribution in [3.8, 4) is 0 Å². The van der Waals surface area contributed by atoms with E-state index in [1.807, 2.05) is 0 Å². The zero-order valence-electron chi connectivity index (χ0n) is 13.8. The molecule has 0 amide bonds. The topological polar surface area (TPSA) is 24.9 Å². The Labute approximate surface area is 129 Å². The molecule has 0 spiro atoms. The molecule has 114 valence electrons. The summed E-state index contributed by atoms with van der Waals surface area (Å²) in [5.74, 6) is 0.779. The van der Waals surface area contributed by atoms with Gasteiger partial charge in [0.1, 0.15) is 0 Å². The molecule has 0 saturated carbocycles. The van der Waals surface area contributed by atoms with Crippen LogP contribution in [0, 0.1) is 12.8 Å². The monoisotopic (exact) mass is 284 g/mol. The molecule has 1 aromatic heterocycles. The Balaban J connectivity index is 2.43. The molecule has 0 aliphatic heterocycles. The van der Waals surface area contributed by atoms with Crippen molar-refractivity contribution in [3.63, 3.8) is 0 Å². The highest BCUT2D eigenvalue weighted by molar-refractivity contribution is 5.82. The number of benzene rings is 1. The molecule has 0 saturated heterocycles. The van der Waals surface area contributed by atoms with Crippen molar-refractivity contribution in [2.45, 2.75) is 53.0 Å². The van der Waals surface area contributed by atoms with Gasteiger partial charge in [0.05, 0.1) is 5.52 Å². The molecule has 21 heavy (non-hydrogen) atoms. The van der Waals surface area contributed by atoms with Gasteiger partial charge in [-0.3, -0.25) is 4.98 Å². The fourth-order valence-electron chi connectivity index (χ4n) is 3.15. The van der Waals surface area contributed by atoms with Gasteiger partial charge < -0.3 is 5.32 Å². The fourth-order valence-corrected chi connectivity index (χ4v) is 3.15. The minimum atomic E-state index is 0.423. The van der Waals surface area contributed by atoms with Crippen LogP contribution in [0.1, 0.15) is 57.3 Å². The lowest BCUT2D eigenvalue weighted by Gasteiger charge is -2.24. The van der Waals surface area contributed by atoms with Crippen LogP contribution in [0.3, 0.4) is 0 Å². The zero-order valence-corrected chi connectivity index (χ0v) is 13.8. The molecule has 1 atom stereocenters. The van der Waals surface area contributed by atoms with Crippen LogP contribution >= 0.6 is 0 Å². The first-order chi connectivity index (χ1) is 10.2. The van der Waals surface area contributed by atoms with E-state index < -0.39 is 0 Å². The van der Waals surface area contributed by atoms with Crippen molar-refractivity contribution in [1.82, 2.24) is 10.3 Å². The molecule has 2 aromatic rings. The minimum absolute atomic E-state index is 0.423. The highest BCUT2D eigenvalue weighted by Gasteiger charge is 2.18. The number of nitrogens with zero attached hydrogens (tertiary/aromatic N) is 1. The molecule has 0 fully saturated rings. The van der Waals surface area contributed by atoms with Gasteiger partial charge >= 0.3 is 0 Å². The highest BCUT2D eigenvalue weighted by Crippen LogP contribution is 2.30. The van der Waals surface area contributed by atoms with Crippen molar-refractivity contribution in [1.29, 1.82) is 0 Å². The average Bonchev–Trinajstić information content (AvgIpc) is 2.50. The van der Waals surface area contributed by atoms with Gasteiger partial charge in [-0.2, -0.15) is 0 Å². The Kier molecular flexibility index (Phi) is 5.75. The third kappa shape index (κ3) is 3.82. The lowest BCUT2D eigenvalue weighted by atomic mass is 9.89. The van der Waals surface area contributed by atoms with Crippen LogP contribution in [0.4, 0.5) is 0 Å². The molecule has 1 heterocycles. The summed E-state index contributed by atoms with van der Waals surface area (Å²) in [6.45, 7) is 9.88. The summed E-state index contributed by atoms with van der Waals surface area (Å²) < 4.78 is 0. The third-order valence-corrected chi connectivity index (χ3v) is 4.43. The van der Waals surface area contributed by atoms with Gasteiger partial charge in [-0.25, -0.2) is 0 Å². The van der Waals surface area contributed by atoms with Crippen LogP contribution in [-0.4, -0.2) is 11.5 Å². The molecule has 0 aliphatic rings. The van der Waals surface area contributed by atoms with Crippen molar-refractivity contribution in [3.05, 3.63) is 41.6 Å². The second kappa shape index (κ2) is 7.56. The van der Waals surface area contributed by atoms with Crippen molar-refractivity contribution in [2.24, 2.45) is 5.92 Å². The van der Waals surface area contributed by atoms with Crippen LogP contribution in [0.25, 0.3) is 10.9 Å². The summed E-state index contributed by atoms with van der Waals surface area (Å²) in [4.78, 5) is 4.67. The third-order valence-electron chi connectivity index (χ3n) is 4.43. The standard InChI is InChI=1S/C19H28N2/c1-5-15(6-2)13-19(20-7-3)17-12-14(4)21-18-11-9-8-10-16(17)18/h8-12,15,19-20H,5-7,13H2,1-4H3. The van der Waals surface area contributed by atoms with Crippen LogP contribution < -0.4 is 5.32 Å². The largest absolute Gasteiger partial charge is 0.310 e. The number of pyridine rings is 1. The predicted octanol–water partition coefficient (Wildman–Crippen LogP) is 5.02. The molecule has 2 heteroatoms. The van der Waals surface area contributed by atoms with E-state index in [0.29, 0.717) is 6.04 Å². The predicted molar refractivity (Wildman–Crippen MR) is 91.6 cm³/mol. The molecular formula is C19H28N2. The molecule has 0 aliphatic carbocycles. The van der Waals surface area contributed by atoms with Gasteiger partial charge in [-0.15, -0.1) is 0 Å². The fraction of sp³-hybridized carbons (Fsp3) is 0.526. The lowest BCUT2D eigenvalue weighted by Crippen LogP contribution is -2.24. The van der Waals surface area contributed by atoms with Gasteiger partial charge in [0.25, 0.3) is 0 Å². The van der Waals surface area contributed by atoms with Gasteiger partial charge in [0.15, 0.2) is 0 Å². The number of aromatic nitrogens is 1. The number of hydrogen-bond donors (Lipinski definition) is 1. The second-order valence-corrected chi connectivity index (χ2v) is 5.90. The summed E-state index contributed by atoms with van der Waals surface area (Å²) in [7, 11) is 0. The van der Waals surface area contributed by atoms with E-state index in [-0.39, 0.29) is 0 Å². The van der Waals surface area contributed by atoms with Crippen molar-refractivity contribution >= 4 is 10.9 Å². The Bertz CT molecular complexity index is 573. The van der Waals surface area contributed by atoms with E-state index in [0.717, 1.165) is 23.7 Å². The summed E-state index contributed by atoms with van der Waals surface area (Å²) in [5, 5.41) is 4.98. The SMILES string of the molecule is CCNC(CC(CC)CC)c1cc(C)nc2ccccc12. The van der Waals surface area contributed by atoms with E-state index in [9.17, 15) is 0 Å². The Morgan fingerprint density at radius 2 is 1.81 bits per heavy atom. The molecule has 2 rings (SSSR count). The number of aryl methyl sites for hydroxylation is 1. The van der Waals surface area contributed by atoms with E-state index in [2.05, 4.69) is 68.3 Å². The molecule has 2 nitrogen and oxygen atoms in total. The van der Waals surface area contributed by atoms with E-state index >= 15 is 0 Å². The van der Waals surface area contributed by atoms with Gasteiger partial charge in [0, 0.05) is 17.1 Å². The first-order valence-corrected chi connectivity index (χ1v) is 8.29. The molecule has 1 aromatic carbocycles. The summed E-state index contributed by atoms with van der Waals surface area (Å²) in [6, 6.07) is 11.2. The number of fused-ring (bicyclic) bond motifs is 1. The van der Waals surface area contributed by atoms with Crippen molar-refractivity contribution in [2.75, 3.05) is 6.54 Å². The first kappa shape index (κ1) is 16.0. The highest BCUT2D eigenvalue weighted by atomic mass is 14.9. The Morgan fingerprint density at radius 3 is 2.48 bits per heavy atom. The number of rotatable bonds is 7. The minimum Gasteiger partial charge on any atom is -0.310 e. The smallest absolute Gasteiger partial charge is 0.0708 e. The van der Waals surface area contributed by atoms with E-state index in [1.165, 1.54) is 30.2 Å². The Morgan fingerprint density at radius 1 is 1.10 bits per heavy atom. The summed E-state index contributed by atoms with van der Waals surface area (Å²) in [6.07, 6.45) is 3.70. The van der Waals surface area contributed by atoms with E-state index in [4.69, 9.17) is 0 Å². The van der Waals surface area contributed by atoms with Crippen molar-refractivity contribution < 1.29 is 0 Å². The van der Waals surface area contributed by atoms with Gasteiger partial charge in [-0.05, 0) is 43.5 Å². The average molecular weight is 284 g/mol. The molecule has 0 radical (unpaired) electrons. The Hall–Kier alpha value is -1.41. The maximum Gasteiger partial charge on any atom is 0.0708 e. The van der Waals surface area contributed by atoms with Gasteiger partial charge in [-0.1, -0.05) is 51.8 Å². The van der Waals surface area contributed by atoms with Crippen LogP contribution in [-0.2, 0) is 0 Å². The zero-order chi connectivity index (χ0) is 15.2. The normalized spacial score (nSPS) is 13.0. The van der Waals surface area contributed by atoms with Crippen LogP contribution in [0.15, 0.2) is 30.3 Å². The number of nitrogens with one attached hydrogen (secondary N) is 1. The molecule has 1 unspecified atom stereocenters. The van der Waals surface area contributed by atoms with Crippen LogP contribution in [0.2, 0.25) is 0 Å². The number of hydrogen-bond acceptors (Lipinski definition) is 2. The maximum absolute atomic E-state index is 4.67. The quantitative estimate of drug-likeness (QED) is 0.772. The molecule has 1 N–H and O–H groups in total. The van der Waals surface area contributed by atoms with Gasteiger partial charge in [0.2, 0.25) is 0 Å². The maximum atomic E-state index is 4.67. The lowest BCUT2D eigenvalue weighted by molar-refractivity contribution is 0.377. The molecular weight excluding hydrogens is 256 g/mol. The molecule has 0 bridgehead atoms. The number of para-hydroxylation sites is 1. The summed E-state index contributed by atoms with van der Waals surface area (Å²) in [5.41, 5.74) is 3.63. The second-order valence-electron chi connectivity index (χ2n) is 5.90. The summed E-state index contributed by atoms with van der Waals surface area (Å²) >= 11 is 0. The first-order valence-electron chi connectivity index (χ1n) is 8.29. The van der Waals surface area contributed by atoms with Crippen LogP contribution in [0.5, 0.6) is 0 Å².